The minimum atomic E-state index is -3.88. The number of esters is 1. The summed E-state index contributed by atoms with van der Waals surface area (Å²) < 4.78 is 46.5. The number of amides is 2. The quantitative estimate of drug-likeness (QED) is 0.167. The third-order valence-electron chi connectivity index (χ3n) is 6.92. The normalized spacial score (nSPS) is 18.9. The number of hydrogen-bond donors (Lipinski definition) is 3. The summed E-state index contributed by atoms with van der Waals surface area (Å²) in [6, 6.07) is 10.2. The minimum Gasteiger partial charge on any atom is -0.453 e. The van der Waals surface area contributed by atoms with Crippen LogP contribution in [0.3, 0.4) is 0 Å². The van der Waals surface area contributed by atoms with Gasteiger partial charge in [0, 0.05) is 24.7 Å². The number of nitrogens with zero attached hydrogens (tertiary/aromatic N) is 2. The molecule has 1 aliphatic heterocycles. The Morgan fingerprint density at radius 3 is 2.39 bits per heavy atom. The van der Waals surface area contributed by atoms with E-state index in [1.54, 1.807) is 12.1 Å². The Kier molecular flexibility index (Phi) is 13.7. The maximum Gasteiger partial charge on any atom is 0.412 e. The van der Waals surface area contributed by atoms with E-state index in [2.05, 4.69) is 15.6 Å². The summed E-state index contributed by atoms with van der Waals surface area (Å²) in [5.41, 5.74) is -0.451. The van der Waals surface area contributed by atoms with Crippen LogP contribution in [-0.2, 0) is 23.8 Å². The van der Waals surface area contributed by atoms with Crippen LogP contribution >= 0.6 is 0 Å². The average molecular weight is 623 g/mol. The molecule has 1 saturated heterocycles. The molecule has 12 nitrogen and oxygen atoms in total. The van der Waals surface area contributed by atoms with Gasteiger partial charge in [-0.1, -0.05) is 57.2 Å². The number of para-hydroxylation sites is 1. The van der Waals surface area contributed by atoms with E-state index in [-0.39, 0.29) is 24.8 Å². The van der Waals surface area contributed by atoms with E-state index in [4.69, 9.17) is 14.2 Å². The third-order valence-corrected chi connectivity index (χ3v) is 6.92. The number of aliphatic hydroxyl groups excluding tert-OH is 1. The highest BCUT2D eigenvalue weighted by Crippen LogP contribution is 2.44. The van der Waals surface area contributed by atoms with Crippen LogP contribution in [0.1, 0.15) is 77.4 Å². The Hall–Kier alpha value is -3.91. The molecule has 0 saturated carbocycles. The Bertz CT molecular complexity index is 1280. The van der Waals surface area contributed by atoms with Crippen molar-refractivity contribution in [3.63, 3.8) is 0 Å². The lowest BCUT2D eigenvalue weighted by Gasteiger charge is -2.24. The zero-order valence-corrected chi connectivity index (χ0v) is 24.7. The van der Waals surface area contributed by atoms with E-state index >= 15 is 8.78 Å². The van der Waals surface area contributed by atoms with Gasteiger partial charge in [0.2, 0.25) is 12.1 Å². The number of halogens is 2. The topological polar surface area (TPSA) is 158 Å². The van der Waals surface area contributed by atoms with E-state index in [0.717, 1.165) is 31.5 Å². The molecule has 3 rings (SSSR count). The highest BCUT2D eigenvalue weighted by atomic mass is 19.3. The van der Waals surface area contributed by atoms with Gasteiger partial charge in [0.05, 0.1) is 13.2 Å². The van der Waals surface area contributed by atoms with Crippen LogP contribution in [-0.4, -0.2) is 64.0 Å². The average Bonchev–Trinajstić information content (AvgIpc) is 3.24. The van der Waals surface area contributed by atoms with Gasteiger partial charge in [0.25, 0.3) is 0 Å². The van der Waals surface area contributed by atoms with E-state index in [1.807, 2.05) is 25.1 Å². The van der Waals surface area contributed by atoms with Crippen LogP contribution in [0.4, 0.5) is 25.1 Å². The smallest absolute Gasteiger partial charge is 0.412 e. The number of rotatable bonds is 17. The molecule has 3 unspecified atom stereocenters. The van der Waals surface area contributed by atoms with Crippen molar-refractivity contribution in [1.82, 2.24) is 9.55 Å². The lowest BCUT2D eigenvalue weighted by molar-refractivity contribution is -0.176. The molecule has 14 heteroatoms. The van der Waals surface area contributed by atoms with Crippen molar-refractivity contribution in [2.24, 2.45) is 0 Å². The van der Waals surface area contributed by atoms with E-state index in [1.165, 1.54) is 0 Å². The summed E-state index contributed by atoms with van der Waals surface area (Å²) in [4.78, 5) is 52.5. The molecule has 0 aliphatic carbocycles. The number of alkyl halides is 2. The van der Waals surface area contributed by atoms with Gasteiger partial charge in [0.1, 0.15) is 11.9 Å². The number of aromatic nitrogens is 2. The zero-order chi connectivity index (χ0) is 32.0. The van der Waals surface area contributed by atoms with Crippen molar-refractivity contribution in [1.29, 1.82) is 0 Å². The molecule has 2 aromatic rings. The summed E-state index contributed by atoms with van der Waals surface area (Å²) >= 11 is 0. The van der Waals surface area contributed by atoms with Crippen molar-refractivity contribution in [2.75, 3.05) is 23.8 Å². The number of benzene rings is 1. The van der Waals surface area contributed by atoms with Gasteiger partial charge < -0.3 is 24.6 Å². The summed E-state index contributed by atoms with van der Waals surface area (Å²) in [5.74, 6) is -5.12. The van der Waals surface area contributed by atoms with Gasteiger partial charge in [-0.15, -0.1) is 0 Å². The lowest BCUT2D eigenvalue weighted by atomic mass is 10.1. The molecule has 44 heavy (non-hydrogen) atoms. The predicted octanol–water partition coefficient (Wildman–Crippen LogP) is 4.79. The second kappa shape index (κ2) is 17.4. The van der Waals surface area contributed by atoms with Crippen LogP contribution in [0.5, 0.6) is 0 Å². The first-order valence-electron chi connectivity index (χ1n) is 14.9. The molecule has 1 aliphatic rings. The molecule has 3 N–H and O–H groups in total. The molecule has 1 aromatic heterocycles. The maximum absolute atomic E-state index is 15.4. The van der Waals surface area contributed by atoms with Crippen molar-refractivity contribution in [3.05, 3.63) is 53.1 Å². The summed E-state index contributed by atoms with van der Waals surface area (Å²) in [6.45, 7) is 1.34. The summed E-state index contributed by atoms with van der Waals surface area (Å²) in [5, 5.41) is 14.7. The molecule has 3 atom stereocenters. The molecular weight excluding hydrogens is 582 g/mol. The van der Waals surface area contributed by atoms with Crippen molar-refractivity contribution in [3.8, 4) is 0 Å². The van der Waals surface area contributed by atoms with E-state index in [0.29, 0.717) is 48.8 Å². The number of hydrogen-bond acceptors (Lipinski definition) is 9. The molecule has 2 heterocycles. The van der Waals surface area contributed by atoms with Crippen molar-refractivity contribution >= 4 is 29.5 Å². The number of carbonyl (C=O) groups is 3. The van der Waals surface area contributed by atoms with Crippen LogP contribution in [0.25, 0.3) is 0 Å². The van der Waals surface area contributed by atoms with Gasteiger partial charge in [-0.25, -0.2) is 9.59 Å². The van der Waals surface area contributed by atoms with Gasteiger partial charge in [-0.05, 0) is 37.5 Å². The number of ether oxygens (including phenoxy) is 3. The van der Waals surface area contributed by atoms with Crippen LogP contribution < -0.4 is 16.3 Å². The Morgan fingerprint density at radius 2 is 1.70 bits per heavy atom. The van der Waals surface area contributed by atoms with E-state index in [9.17, 15) is 24.3 Å². The second-order valence-corrected chi connectivity index (χ2v) is 10.4. The number of carbonyl (C=O) groups excluding carboxylic acids is 3. The summed E-state index contributed by atoms with van der Waals surface area (Å²) in [7, 11) is 0. The Balaban J connectivity index is 1.45. The van der Waals surface area contributed by atoms with Crippen LogP contribution in [0.15, 0.2) is 47.4 Å². The van der Waals surface area contributed by atoms with Gasteiger partial charge in [-0.3, -0.25) is 19.5 Å². The minimum absolute atomic E-state index is 0.125. The molecule has 0 radical (unpaired) electrons. The first-order chi connectivity index (χ1) is 21.1. The highest BCUT2D eigenvalue weighted by Gasteiger charge is 2.62. The largest absolute Gasteiger partial charge is 0.453 e. The van der Waals surface area contributed by atoms with Crippen LogP contribution in [0.2, 0.25) is 0 Å². The molecule has 0 spiro atoms. The van der Waals surface area contributed by atoms with Gasteiger partial charge in [-0.2, -0.15) is 13.8 Å². The maximum atomic E-state index is 15.4. The molecule has 1 aromatic carbocycles. The van der Waals surface area contributed by atoms with Crippen molar-refractivity contribution < 1.29 is 42.5 Å². The molecule has 242 valence electrons. The number of nitrogens with one attached hydrogen (secondary N) is 2. The number of anilines is 2. The number of unbranched alkanes of at least 4 members (excludes halogenated alkanes) is 6. The first-order valence-corrected chi connectivity index (χ1v) is 14.9. The molecular formula is C30H40F2N4O8. The molecule has 0 bridgehead atoms. The highest BCUT2D eigenvalue weighted by molar-refractivity contribution is 5.90. The standard InChI is InChI=1S/C30H40F2N4O8/c1-2-3-4-12-19-42-29(41)35-23-17-18-36(28(40)34-23)27-30(31,32)26(22(20-37)43-27)44-25(39)16-11-6-5-10-15-24(38)33-21-13-8-7-9-14-21/h7-9,13-14,17-18,22,26-27,37H,2-6,10-12,15-16,19-20H2,1H3,(H,33,38)(H,34,35,40,41). The number of aliphatic hydroxyl groups is 1. The summed E-state index contributed by atoms with van der Waals surface area (Å²) in [6.07, 6.45) is 0.118. The molecule has 1 fully saturated rings. The molecule has 2 amide bonds. The third kappa shape index (κ3) is 10.4. The first kappa shape index (κ1) is 34.6. The SMILES string of the molecule is CCCCCCOC(=O)Nc1ccn(C2OC(CO)C(OC(=O)CCCCCCC(=O)Nc3ccccc3)C2(F)F)c(=O)n1. The van der Waals surface area contributed by atoms with E-state index < -0.39 is 48.7 Å². The predicted molar refractivity (Wildman–Crippen MR) is 156 cm³/mol. The fourth-order valence-electron chi connectivity index (χ4n) is 4.61. The fraction of sp³-hybridized carbons (Fsp3) is 0.567. The Morgan fingerprint density at radius 1 is 1.00 bits per heavy atom. The second-order valence-electron chi connectivity index (χ2n) is 10.4. The zero-order valence-electron chi connectivity index (χ0n) is 24.7. The van der Waals surface area contributed by atoms with Crippen molar-refractivity contribution in [2.45, 2.75) is 95.5 Å². The monoisotopic (exact) mass is 622 g/mol. The van der Waals surface area contributed by atoms with Crippen LogP contribution in [0, 0.1) is 0 Å². The Labute approximate surface area is 254 Å². The van der Waals surface area contributed by atoms with Gasteiger partial charge in [0.15, 0.2) is 6.10 Å². The lowest BCUT2D eigenvalue weighted by Crippen LogP contribution is -2.44. The van der Waals surface area contributed by atoms with Gasteiger partial charge >= 0.3 is 23.7 Å². The fourth-order valence-corrected chi connectivity index (χ4v) is 4.61.